The van der Waals surface area contributed by atoms with Crippen LogP contribution in [0.4, 0.5) is 0 Å². The molecule has 0 spiro atoms. The number of carbonyl (C=O) groups excluding carboxylic acids is 1. The number of benzene rings is 1. The lowest BCUT2D eigenvalue weighted by atomic mass is 10.1. The van der Waals surface area contributed by atoms with Gasteiger partial charge < -0.3 is 19.8 Å². The van der Waals surface area contributed by atoms with Crippen LogP contribution in [0.3, 0.4) is 0 Å². The highest BCUT2D eigenvalue weighted by Crippen LogP contribution is 2.25. The Hall–Kier alpha value is -1.85. The van der Waals surface area contributed by atoms with Gasteiger partial charge in [-0.1, -0.05) is 25.1 Å². The smallest absolute Gasteiger partial charge is 0.234 e. The van der Waals surface area contributed by atoms with E-state index in [1.54, 1.807) is 7.11 Å². The van der Waals surface area contributed by atoms with Gasteiger partial charge in [0.2, 0.25) is 5.91 Å². The van der Waals surface area contributed by atoms with E-state index in [9.17, 15) is 4.79 Å². The molecule has 0 saturated carbocycles. The van der Waals surface area contributed by atoms with Gasteiger partial charge in [0.25, 0.3) is 0 Å². The molecule has 2 aromatic rings. The lowest BCUT2D eigenvalue weighted by molar-refractivity contribution is -0.120. The third-order valence-electron chi connectivity index (χ3n) is 3.32. The molecule has 0 saturated heterocycles. The third-order valence-corrected chi connectivity index (χ3v) is 3.32. The number of ether oxygens (including phenoxy) is 1. The van der Waals surface area contributed by atoms with E-state index in [1.165, 1.54) is 0 Å². The molecule has 0 unspecified atom stereocenters. The molecule has 21 heavy (non-hydrogen) atoms. The van der Waals surface area contributed by atoms with Crippen molar-refractivity contribution in [1.82, 2.24) is 10.6 Å². The van der Waals surface area contributed by atoms with Gasteiger partial charge >= 0.3 is 0 Å². The Labute approximate surface area is 124 Å². The molecule has 1 amide bonds. The number of hydrogen-bond donors (Lipinski definition) is 2. The number of furan rings is 1. The Morgan fingerprint density at radius 1 is 1.33 bits per heavy atom. The summed E-state index contributed by atoms with van der Waals surface area (Å²) in [4.78, 5) is 11.6. The minimum Gasteiger partial charge on any atom is -0.461 e. The minimum atomic E-state index is -0.0297. The topological polar surface area (TPSA) is 63.5 Å². The first-order chi connectivity index (χ1) is 10.3. The van der Waals surface area contributed by atoms with Gasteiger partial charge in [-0.15, -0.1) is 0 Å². The summed E-state index contributed by atoms with van der Waals surface area (Å²) >= 11 is 0. The van der Waals surface area contributed by atoms with Gasteiger partial charge in [-0.2, -0.15) is 0 Å². The van der Waals surface area contributed by atoms with Gasteiger partial charge in [0.15, 0.2) is 0 Å². The Kier molecular flexibility index (Phi) is 5.78. The first-order valence-electron chi connectivity index (χ1n) is 7.22. The van der Waals surface area contributed by atoms with Crippen molar-refractivity contribution in [1.29, 1.82) is 0 Å². The summed E-state index contributed by atoms with van der Waals surface area (Å²) in [5, 5.41) is 7.06. The first-order valence-corrected chi connectivity index (χ1v) is 7.22. The number of fused-ring (bicyclic) bond motifs is 1. The molecule has 0 aliphatic heterocycles. The van der Waals surface area contributed by atoms with Crippen LogP contribution in [0.25, 0.3) is 11.0 Å². The number of hydrogen-bond acceptors (Lipinski definition) is 4. The van der Waals surface area contributed by atoms with Crippen LogP contribution in [0.15, 0.2) is 28.7 Å². The van der Waals surface area contributed by atoms with Crippen LogP contribution in [-0.2, 0) is 22.5 Å². The monoisotopic (exact) mass is 290 g/mol. The Morgan fingerprint density at radius 3 is 2.90 bits per heavy atom. The standard InChI is InChI=1S/C16H22N2O3/c1-3-14-13(12-6-4-5-7-15(12)21-14)10-17-11-16(19)18-8-9-20-2/h4-7,17H,3,8-11H2,1-2H3,(H,18,19). The maximum atomic E-state index is 11.6. The maximum Gasteiger partial charge on any atom is 0.234 e. The first kappa shape index (κ1) is 15.5. The average molecular weight is 290 g/mol. The van der Waals surface area contributed by atoms with Crippen LogP contribution in [0.5, 0.6) is 0 Å². The van der Waals surface area contributed by atoms with E-state index in [1.807, 2.05) is 24.3 Å². The molecule has 5 nitrogen and oxygen atoms in total. The van der Waals surface area contributed by atoms with Crippen LogP contribution in [0.1, 0.15) is 18.2 Å². The molecule has 1 heterocycles. The second kappa shape index (κ2) is 7.81. The molecule has 2 rings (SSSR count). The van der Waals surface area contributed by atoms with E-state index in [0.717, 1.165) is 28.7 Å². The highest BCUT2D eigenvalue weighted by Gasteiger charge is 2.12. The molecule has 2 N–H and O–H groups in total. The molecular formula is C16H22N2O3. The summed E-state index contributed by atoms with van der Waals surface area (Å²) in [6, 6.07) is 7.98. The third kappa shape index (κ3) is 4.06. The highest BCUT2D eigenvalue weighted by atomic mass is 16.5. The maximum absolute atomic E-state index is 11.6. The van der Waals surface area contributed by atoms with Crippen LogP contribution < -0.4 is 10.6 Å². The predicted octanol–water partition coefficient (Wildman–Crippen LogP) is 1.85. The molecule has 0 aliphatic carbocycles. The molecule has 5 heteroatoms. The second-order valence-electron chi connectivity index (χ2n) is 4.80. The second-order valence-corrected chi connectivity index (χ2v) is 4.80. The zero-order valence-electron chi connectivity index (χ0n) is 12.6. The lowest BCUT2D eigenvalue weighted by Gasteiger charge is -2.06. The molecule has 1 aromatic carbocycles. The molecule has 0 aliphatic rings. The van der Waals surface area contributed by atoms with Gasteiger partial charge in [-0.25, -0.2) is 0 Å². The van der Waals surface area contributed by atoms with Crippen LogP contribution in [0, 0.1) is 0 Å². The SMILES string of the molecule is CCc1oc2ccccc2c1CNCC(=O)NCCOC. The van der Waals surface area contributed by atoms with Gasteiger partial charge in [0, 0.05) is 37.6 Å². The van der Waals surface area contributed by atoms with Gasteiger partial charge in [-0.05, 0) is 6.07 Å². The number of aryl methyl sites for hydroxylation is 1. The van der Waals surface area contributed by atoms with Crippen molar-refractivity contribution in [2.45, 2.75) is 19.9 Å². The molecule has 0 bridgehead atoms. The summed E-state index contributed by atoms with van der Waals surface area (Å²) in [5.41, 5.74) is 2.04. The minimum absolute atomic E-state index is 0.0297. The van der Waals surface area contributed by atoms with Gasteiger partial charge in [0.1, 0.15) is 11.3 Å². The van der Waals surface area contributed by atoms with Crippen molar-refractivity contribution in [3.63, 3.8) is 0 Å². The normalized spacial score (nSPS) is 11.0. The lowest BCUT2D eigenvalue weighted by Crippen LogP contribution is -2.35. The average Bonchev–Trinajstić information content (AvgIpc) is 2.86. The van der Waals surface area contributed by atoms with Crippen molar-refractivity contribution >= 4 is 16.9 Å². The van der Waals surface area contributed by atoms with Crippen molar-refractivity contribution < 1.29 is 13.9 Å². The summed E-state index contributed by atoms with van der Waals surface area (Å²) in [5.74, 6) is 0.946. The largest absolute Gasteiger partial charge is 0.461 e. The number of rotatable bonds is 8. The van der Waals surface area contributed by atoms with Crippen LogP contribution >= 0.6 is 0 Å². The van der Waals surface area contributed by atoms with E-state index >= 15 is 0 Å². The number of carbonyl (C=O) groups is 1. The van der Waals surface area contributed by atoms with Gasteiger partial charge in [0.05, 0.1) is 13.2 Å². The Morgan fingerprint density at radius 2 is 2.14 bits per heavy atom. The fraction of sp³-hybridized carbons (Fsp3) is 0.438. The molecular weight excluding hydrogens is 268 g/mol. The predicted molar refractivity (Wildman–Crippen MR) is 82.2 cm³/mol. The number of methoxy groups -OCH3 is 1. The molecule has 114 valence electrons. The summed E-state index contributed by atoms with van der Waals surface area (Å²) in [7, 11) is 1.61. The fourth-order valence-electron chi connectivity index (χ4n) is 2.28. The fourth-order valence-corrected chi connectivity index (χ4v) is 2.28. The van der Waals surface area contributed by atoms with E-state index in [-0.39, 0.29) is 12.5 Å². The summed E-state index contributed by atoms with van der Waals surface area (Å²) in [6.45, 7) is 4.03. The number of nitrogens with one attached hydrogen (secondary N) is 2. The van der Waals surface area contributed by atoms with Crippen LogP contribution in [-0.4, -0.2) is 32.7 Å². The quantitative estimate of drug-likeness (QED) is 0.728. The number of para-hydroxylation sites is 1. The highest BCUT2D eigenvalue weighted by molar-refractivity contribution is 5.82. The van der Waals surface area contributed by atoms with E-state index in [2.05, 4.69) is 17.6 Å². The molecule has 0 atom stereocenters. The Bertz CT molecular complexity index is 592. The van der Waals surface area contributed by atoms with Gasteiger partial charge in [-0.3, -0.25) is 4.79 Å². The van der Waals surface area contributed by atoms with Crippen molar-refractivity contribution in [3.05, 3.63) is 35.6 Å². The number of amides is 1. The molecule has 0 fully saturated rings. The van der Waals surface area contributed by atoms with Crippen molar-refractivity contribution in [3.8, 4) is 0 Å². The Balaban J connectivity index is 1.92. The summed E-state index contributed by atoms with van der Waals surface area (Å²) in [6.07, 6.45) is 0.839. The molecule has 0 radical (unpaired) electrons. The zero-order chi connectivity index (χ0) is 15.1. The summed E-state index contributed by atoms with van der Waals surface area (Å²) < 4.78 is 10.7. The van der Waals surface area contributed by atoms with Crippen molar-refractivity contribution in [2.24, 2.45) is 0 Å². The van der Waals surface area contributed by atoms with E-state index < -0.39 is 0 Å². The van der Waals surface area contributed by atoms with E-state index in [0.29, 0.717) is 19.7 Å². The van der Waals surface area contributed by atoms with Crippen LogP contribution in [0.2, 0.25) is 0 Å². The molecule has 1 aromatic heterocycles. The van der Waals surface area contributed by atoms with E-state index in [4.69, 9.17) is 9.15 Å². The zero-order valence-corrected chi connectivity index (χ0v) is 12.6. The van der Waals surface area contributed by atoms with Crippen molar-refractivity contribution in [2.75, 3.05) is 26.8 Å².